The van der Waals surface area contributed by atoms with Crippen LogP contribution in [0.1, 0.15) is 0 Å². The zero-order valence-electron chi connectivity index (χ0n) is 11.8. The molecule has 0 atom stereocenters. The fraction of sp³-hybridized carbons (Fsp3) is 0.818. The highest BCUT2D eigenvalue weighted by Gasteiger charge is 2.24. The molecule has 0 aromatic carbocycles. The molecule has 1 heterocycles. The van der Waals surface area contributed by atoms with Crippen molar-refractivity contribution in [2.45, 2.75) is 0 Å². The summed E-state index contributed by atoms with van der Waals surface area (Å²) in [4.78, 5) is 27.4. The maximum Gasteiger partial charge on any atom is 0.319 e. The van der Waals surface area contributed by atoms with Gasteiger partial charge in [0.15, 0.2) is 0 Å². The average Bonchev–Trinajstić information content (AvgIpc) is 2.34. The van der Waals surface area contributed by atoms with Crippen molar-refractivity contribution in [1.82, 2.24) is 14.7 Å². The molecule has 1 aliphatic heterocycles. The summed E-state index contributed by atoms with van der Waals surface area (Å²) in [6.45, 7) is 2.07. The molecule has 0 saturated carbocycles. The maximum atomic E-state index is 12.1. The lowest BCUT2D eigenvalue weighted by molar-refractivity contribution is -0.138. The number of hydrogen-bond donors (Lipinski definition) is 1. The van der Waals surface area contributed by atoms with Gasteiger partial charge in [-0.05, 0) is 0 Å². The molecule has 0 aliphatic carbocycles. The third-order valence-corrected chi connectivity index (χ3v) is 4.05. The van der Waals surface area contributed by atoms with Gasteiger partial charge in [0, 0.05) is 46.0 Å². The van der Waals surface area contributed by atoms with Crippen LogP contribution in [0.3, 0.4) is 0 Å². The van der Waals surface area contributed by atoms with Gasteiger partial charge in [-0.15, -0.1) is 0 Å². The van der Waals surface area contributed by atoms with Gasteiger partial charge in [-0.1, -0.05) is 0 Å². The molecule has 1 aliphatic rings. The van der Waals surface area contributed by atoms with Crippen molar-refractivity contribution in [2.75, 3.05) is 58.3 Å². The molecule has 0 bridgehead atoms. The lowest BCUT2D eigenvalue weighted by Crippen LogP contribution is -2.53. The number of piperazine rings is 1. The molecule has 1 N–H and O–H groups in total. The second-order valence-electron chi connectivity index (χ2n) is 4.99. The second kappa shape index (κ2) is 6.89. The van der Waals surface area contributed by atoms with Crippen LogP contribution >= 0.6 is 0 Å². The zero-order valence-corrected chi connectivity index (χ0v) is 12.6. The van der Waals surface area contributed by atoms with Crippen molar-refractivity contribution >= 4 is 21.8 Å². The molecule has 1 fully saturated rings. The van der Waals surface area contributed by atoms with Gasteiger partial charge in [-0.25, -0.2) is 13.2 Å². The fourth-order valence-corrected chi connectivity index (χ4v) is 2.53. The van der Waals surface area contributed by atoms with Gasteiger partial charge in [0.05, 0.1) is 12.3 Å². The summed E-state index contributed by atoms with van der Waals surface area (Å²) in [6.07, 6.45) is 1.13. The van der Waals surface area contributed by atoms with E-state index in [1.165, 1.54) is 4.90 Å². The lowest BCUT2D eigenvalue weighted by Gasteiger charge is -2.35. The molecule has 20 heavy (non-hydrogen) atoms. The van der Waals surface area contributed by atoms with Gasteiger partial charge in [0.1, 0.15) is 9.84 Å². The number of hydrogen-bond acceptors (Lipinski definition) is 5. The second-order valence-corrected chi connectivity index (χ2v) is 7.25. The van der Waals surface area contributed by atoms with Crippen molar-refractivity contribution in [3.63, 3.8) is 0 Å². The molecule has 2 amide bonds. The van der Waals surface area contributed by atoms with Gasteiger partial charge >= 0.3 is 12.0 Å². The van der Waals surface area contributed by atoms with Crippen molar-refractivity contribution in [2.24, 2.45) is 0 Å². The summed E-state index contributed by atoms with van der Waals surface area (Å²) in [5.74, 6) is -0.941. The van der Waals surface area contributed by atoms with Crippen molar-refractivity contribution in [1.29, 1.82) is 0 Å². The Labute approximate surface area is 118 Å². The summed E-state index contributed by atoms with van der Waals surface area (Å²) >= 11 is 0. The number of urea groups is 1. The number of aliphatic carboxylic acids is 1. The number of carboxylic acid groups (broad SMARTS) is 1. The molecule has 0 spiro atoms. The van der Waals surface area contributed by atoms with E-state index in [0.717, 1.165) is 6.26 Å². The Morgan fingerprint density at radius 2 is 1.75 bits per heavy atom. The van der Waals surface area contributed by atoms with Gasteiger partial charge in [0.2, 0.25) is 0 Å². The predicted octanol–water partition coefficient (Wildman–Crippen LogP) is -1.21. The number of nitrogens with zero attached hydrogens (tertiary/aromatic N) is 3. The summed E-state index contributed by atoms with van der Waals surface area (Å²) in [7, 11) is -1.52. The van der Waals surface area contributed by atoms with E-state index in [2.05, 4.69) is 0 Å². The quantitative estimate of drug-likeness (QED) is 0.684. The van der Waals surface area contributed by atoms with Gasteiger partial charge < -0.3 is 14.9 Å². The van der Waals surface area contributed by atoms with Crippen molar-refractivity contribution in [3.05, 3.63) is 0 Å². The number of rotatable bonds is 5. The number of carboxylic acids is 1. The van der Waals surface area contributed by atoms with E-state index in [1.54, 1.807) is 16.8 Å². The van der Waals surface area contributed by atoms with E-state index in [-0.39, 0.29) is 24.9 Å². The maximum absolute atomic E-state index is 12.1. The first-order valence-electron chi connectivity index (χ1n) is 6.31. The van der Waals surface area contributed by atoms with E-state index >= 15 is 0 Å². The van der Waals surface area contributed by atoms with Crippen LogP contribution in [0.25, 0.3) is 0 Å². The molecule has 0 unspecified atom stereocenters. The third kappa shape index (κ3) is 5.74. The molecular weight excluding hydrogens is 286 g/mol. The SMILES string of the molecule is CN(CCS(C)(=O)=O)C(=O)N1CCN(CC(=O)O)CC1. The number of sulfone groups is 1. The van der Waals surface area contributed by atoms with E-state index in [9.17, 15) is 18.0 Å². The molecule has 8 nitrogen and oxygen atoms in total. The average molecular weight is 307 g/mol. The Morgan fingerprint density at radius 3 is 2.20 bits per heavy atom. The molecule has 1 saturated heterocycles. The monoisotopic (exact) mass is 307 g/mol. The molecule has 0 aromatic heterocycles. The summed E-state index contributed by atoms with van der Waals surface area (Å²) in [5.41, 5.74) is 0. The summed E-state index contributed by atoms with van der Waals surface area (Å²) < 4.78 is 22.1. The van der Waals surface area contributed by atoms with Gasteiger partial charge in [0.25, 0.3) is 0 Å². The molecule has 116 valence electrons. The minimum absolute atomic E-state index is 0.0219. The van der Waals surface area contributed by atoms with Crippen LogP contribution in [0.2, 0.25) is 0 Å². The predicted molar refractivity (Wildman–Crippen MR) is 73.4 cm³/mol. The van der Waals surface area contributed by atoms with E-state index in [1.807, 2.05) is 0 Å². The standard InChI is InChI=1S/C11H21N3O5S/c1-12(7-8-20(2,18)19)11(17)14-5-3-13(4-6-14)9-10(15)16/h3-9H2,1-2H3,(H,15,16). The van der Waals surface area contributed by atoms with E-state index in [0.29, 0.717) is 26.2 Å². The highest BCUT2D eigenvalue weighted by atomic mass is 32.2. The first-order chi connectivity index (χ1) is 9.19. The molecule has 0 radical (unpaired) electrons. The van der Waals surface area contributed by atoms with Crippen LogP contribution in [0, 0.1) is 0 Å². The fourth-order valence-electron chi connectivity index (χ4n) is 1.93. The van der Waals surface area contributed by atoms with Crippen LogP contribution in [-0.4, -0.2) is 98.5 Å². The lowest BCUT2D eigenvalue weighted by atomic mass is 10.3. The Morgan fingerprint density at radius 1 is 1.20 bits per heavy atom. The topological polar surface area (TPSA) is 98.2 Å². The molecular formula is C11H21N3O5S. The van der Waals surface area contributed by atoms with E-state index < -0.39 is 15.8 Å². The zero-order chi connectivity index (χ0) is 15.3. The summed E-state index contributed by atoms with van der Waals surface area (Å²) in [5, 5.41) is 8.69. The van der Waals surface area contributed by atoms with Gasteiger partial charge in [-0.3, -0.25) is 9.69 Å². The van der Waals surface area contributed by atoms with E-state index in [4.69, 9.17) is 5.11 Å². The number of carbonyl (C=O) groups is 2. The molecule has 1 rings (SSSR count). The minimum Gasteiger partial charge on any atom is -0.480 e. The third-order valence-electron chi connectivity index (χ3n) is 3.13. The number of carbonyl (C=O) groups excluding carboxylic acids is 1. The van der Waals surface area contributed by atoms with Crippen LogP contribution in [0.5, 0.6) is 0 Å². The Bertz CT molecular complexity index is 457. The smallest absolute Gasteiger partial charge is 0.319 e. The van der Waals surface area contributed by atoms with Crippen LogP contribution in [0.15, 0.2) is 0 Å². The van der Waals surface area contributed by atoms with Crippen LogP contribution < -0.4 is 0 Å². The first-order valence-corrected chi connectivity index (χ1v) is 8.37. The first kappa shape index (κ1) is 16.7. The summed E-state index contributed by atoms with van der Waals surface area (Å²) in [6, 6.07) is -0.219. The number of amides is 2. The van der Waals surface area contributed by atoms with Crippen molar-refractivity contribution < 1.29 is 23.1 Å². The van der Waals surface area contributed by atoms with Crippen LogP contribution in [-0.2, 0) is 14.6 Å². The largest absolute Gasteiger partial charge is 0.480 e. The molecule has 9 heteroatoms. The Kier molecular flexibility index (Phi) is 5.75. The normalized spacial score (nSPS) is 17.0. The van der Waals surface area contributed by atoms with Gasteiger partial charge in [-0.2, -0.15) is 0 Å². The Balaban J connectivity index is 2.40. The Hall–Kier alpha value is -1.35. The minimum atomic E-state index is -3.09. The highest BCUT2D eigenvalue weighted by molar-refractivity contribution is 7.90. The van der Waals surface area contributed by atoms with Crippen LogP contribution in [0.4, 0.5) is 4.79 Å². The van der Waals surface area contributed by atoms with Crippen molar-refractivity contribution in [3.8, 4) is 0 Å². The molecule has 0 aromatic rings. The highest BCUT2D eigenvalue weighted by Crippen LogP contribution is 2.05.